The minimum Gasteiger partial charge on any atom is -0.314 e. The lowest BCUT2D eigenvalue weighted by molar-refractivity contribution is 0.153. The average molecular weight is 223 g/mol. The molecule has 1 saturated heterocycles. The van der Waals surface area contributed by atoms with E-state index in [1.807, 2.05) is 0 Å². The van der Waals surface area contributed by atoms with Crippen LogP contribution < -0.4 is 5.32 Å². The quantitative estimate of drug-likeness (QED) is 0.700. The Kier molecular flexibility index (Phi) is 6.44. The van der Waals surface area contributed by atoms with Crippen LogP contribution in [0.3, 0.4) is 0 Å². The van der Waals surface area contributed by atoms with Gasteiger partial charge >= 0.3 is 0 Å². The number of hydrogen-bond donors (Lipinski definition) is 1. The normalized spacial score (nSPS) is 26.6. The SMILES string of the molecule is CCN1CC[C@H](NCCCCC#N)[C@H](C)C1. The second-order valence-corrected chi connectivity index (χ2v) is 4.84. The molecule has 16 heavy (non-hydrogen) atoms. The third-order valence-electron chi connectivity index (χ3n) is 3.56. The van der Waals surface area contributed by atoms with Crippen molar-refractivity contribution >= 4 is 0 Å². The van der Waals surface area contributed by atoms with Gasteiger partial charge in [0.05, 0.1) is 6.07 Å². The maximum atomic E-state index is 8.44. The van der Waals surface area contributed by atoms with Crippen LogP contribution in [0.4, 0.5) is 0 Å². The van der Waals surface area contributed by atoms with Gasteiger partial charge in [0.2, 0.25) is 0 Å². The van der Waals surface area contributed by atoms with E-state index in [-0.39, 0.29) is 0 Å². The van der Waals surface area contributed by atoms with E-state index in [1.165, 1.54) is 26.1 Å². The van der Waals surface area contributed by atoms with Crippen LogP contribution >= 0.6 is 0 Å². The predicted octanol–water partition coefficient (Wildman–Crippen LogP) is 2.00. The van der Waals surface area contributed by atoms with E-state index in [9.17, 15) is 0 Å². The van der Waals surface area contributed by atoms with Crippen LogP contribution in [0.15, 0.2) is 0 Å². The Morgan fingerprint density at radius 1 is 1.44 bits per heavy atom. The molecular formula is C13H25N3. The molecule has 1 N–H and O–H groups in total. The highest BCUT2D eigenvalue weighted by Crippen LogP contribution is 2.16. The van der Waals surface area contributed by atoms with Crippen LogP contribution in [0.5, 0.6) is 0 Å². The van der Waals surface area contributed by atoms with Crippen molar-refractivity contribution in [2.24, 2.45) is 5.92 Å². The minimum atomic E-state index is 0.685. The van der Waals surface area contributed by atoms with E-state index in [0.29, 0.717) is 12.5 Å². The maximum absolute atomic E-state index is 8.44. The number of nitrogens with zero attached hydrogens (tertiary/aromatic N) is 2. The summed E-state index contributed by atoms with van der Waals surface area (Å²) in [5.74, 6) is 0.754. The molecule has 0 aromatic heterocycles. The number of piperidine rings is 1. The topological polar surface area (TPSA) is 39.1 Å². The molecule has 0 aliphatic carbocycles. The Morgan fingerprint density at radius 2 is 2.25 bits per heavy atom. The second kappa shape index (κ2) is 7.65. The first-order valence-corrected chi connectivity index (χ1v) is 6.60. The van der Waals surface area contributed by atoms with Gasteiger partial charge in [-0.1, -0.05) is 13.8 Å². The van der Waals surface area contributed by atoms with Crippen molar-refractivity contribution in [1.82, 2.24) is 10.2 Å². The van der Waals surface area contributed by atoms with Crippen LogP contribution in [0.1, 0.15) is 39.5 Å². The van der Waals surface area contributed by atoms with E-state index < -0.39 is 0 Å². The Balaban J connectivity index is 2.11. The summed E-state index contributed by atoms with van der Waals surface area (Å²) >= 11 is 0. The van der Waals surface area contributed by atoms with E-state index in [4.69, 9.17) is 5.26 Å². The number of likely N-dealkylation sites (tertiary alicyclic amines) is 1. The van der Waals surface area contributed by atoms with Gasteiger partial charge in [-0.15, -0.1) is 0 Å². The fraction of sp³-hybridized carbons (Fsp3) is 0.923. The zero-order chi connectivity index (χ0) is 11.8. The molecule has 0 bridgehead atoms. The number of nitriles is 1. The largest absolute Gasteiger partial charge is 0.314 e. The summed E-state index contributed by atoms with van der Waals surface area (Å²) in [7, 11) is 0. The smallest absolute Gasteiger partial charge is 0.0621 e. The molecule has 1 fully saturated rings. The lowest BCUT2D eigenvalue weighted by Gasteiger charge is -2.36. The molecule has 0 amide bonds. The fourth-order valence-corrected chi connectivity index (χ4v) is 2.44. The molecule has 0 spiro atoms. The van der Waals surface area contributed by atoms with Crippen molar-refractivity contribution in [3.63, 3.8) is 0 Å². The van der Waals surface area contributed by atoms with Crippen molar-refractivity contribution in [3.05, 3.63) is 0 Å². The van der Waals surface area contributed by atoms with Gasteiger partial charge in [-0.25, -0.2) is 0 Å². The zero-order valence-electron chi connectivity index (χ0n) is 10.7. The molecule has 0 aromatic carbocycles. The zero-order valence-corrected chi connectivity index (χ0v) is 10.7. The summed E-state index contributed by atoms with van der Waals surface area (Å²) in [6.45, 7) is 9.29. The van der Waals surface area contributed by atoms with Gasteiger partial charge in [-0.05, 0) is 44.8 Å². The molecule has 0 unspecified atom stereocenters. The molecule has 3 nitrogen and oxygen atoms in total. The lowest BCUT2D eigenvalue weighted by atomic mass is 9.94. The summed E-state index contributed by atoms with van der Waals surface area (Å²) < 4.78 is 0. The number of nitrogens with one attached hydrogen (secondary N) is 1. The van der Waals surface area contributed by atoms with Gasteiger partial charge in [-0.3, -0.25) is 0 Å². The Labute approximate surface area is 99.8 Å². The first kappa shape index (κ1) is 13.5. The summed E-state index contributed by atoms with van der Waals surface area (Å²) in [6, 6.07) is 2.88. The fourth-order valence-electron chi connectivity index (χ4n) is 2.44. The van der Waals surface area contributed by atoms with Crippen LogP contribution in [0, 0.1) is 17.2 Å². The van der Waals surface area contributed by atoms with Crippen molar-refractivity contribution in [1.29, 1.82) is 5.26 Å². The van der Waals surface area contributed by atoms with Crippen molar-refractivity contribution in [2.45, 2.75) is 45.6 Å². The predicted molar refractivity (Wildman–Crippen MR) is 67.1 cm³/mol. The van der Waals surface area contributed by atoms with E-state index >= 15 is 0 Å². The number of hydrogen-bond acceptors (Lipinski definition) is 3. The first-order chi connectivity index (χ1) is 7.77. The van der Waals surface area contributed by atoms with Gasteiger partial charge in [0.25, 0.3) is 0 Å². The van der Waals surface area contributed by atoms with Crippen molar-refractivity contribution < 1.29 is 0 Å². The standard InChI is InChI=1S/C13H25N3/c1-3-16-10-7-13(12(2)11-16)15-9-6-4-5-8-14/h12-13,15H,3-7,9-11H2,1-2H3/t12-,13+/m1/s1. The van der Waals surface area contributed by atoms with Crippen LogP contribution in [-0.2, 0) is 0 Å². The number of unbranched alkanes of at least 4 members (excludes halogenated alkanes) is 2. The van der Waals surface area contributed by atoms with Gasteiger partial charge < -0.3 is 10.2 Å². The average Bonchev–Trinajstić information content (AvgIpc) is 2.30. The van der Waals surface area contributed by atoms with Gasteiger partial charge in [0, 0.05) is 19.0 Å². The van der Waals surface area contributed by atoms with Crippen molar-refractivity contribution in [2.75, 3.05) is 26.2 Å². The van der Waals surface area contributed by atoms with Crippen LogP contribution in [0.2, 0.25) is 0 Å². The third-order valence-corrected chi connectivity index (χ3v) is 3.56. The molecule has 1 aliphatic rings. The molecule has 1 aliphatic heterocycles. The lowest BCUT2D eigenvalue weighted by Crippen LogP contribution is -2.48. The molecule has 2 atom stereocenters. The Hall–Kier alpha value is -0.590. The molecular weight excluding hydrogens is 198 g/mol. The summed E-state index contributed by atoms with van der Waals surface area (Å²) in [5.41, 5.74) is 0. The third kappa shape index (κ3) is 4.51. The highest BCUT2D eigenvalue weighted by Gasteiger charge is 2.24. The van der Waals surface area contributed by atoms with Crippen LogP contribution in [-0.4, -0.2) is 37.1 Å². The highest BCUT2D eigenvalue weighted by molar-refractivity contribution is 4.82. The summed E-state index contributed by atoms with van der Waals surface area (Å²) in [6.07, 6.45) is 4.14. The molecule has 92 valence electrons. The van der Waals surface area contributed by atoms with Crippen molar-refractivity contribution in [3.8, 4) is 6.07 Å². The highest BCUT2D eigenvalue weighted by atomic mass is 15.1. The maximum Gasteiger partial charge on any atom is 0.0621 e. The molecule has 3 heteroatoms. The van der Waals surface area contributed by atoms with Gasteiger partial charge in [-0.2, -0.15) is 5.26 Å². The Morgan fingerprint density at radius 3 is 2.88 bits per heavy atom. The molecule has 1 heterocycles. The van der Waals surface area contributed by atoms with E-state index in [0.717, 1.165) is 25.3 Å². The molecule has 0 saturated carbocycles. The summed E-state index contributed by atoms with van der Waals surface area (Å²) in [4.78, 5) is 2.53. The van der Waals surface area contributed by atoms with E-state index in [1.54, 1.807) is 0 Å². The minimum absolute atomic E-state index is 0.685. The number of rotatable bonds is 6. The molecule has 0 radical (unpaired) electrons. The molecule has 0 aromatic rings. The first-order valence-electron chi connectivity index (χ1n) is 6.60. The molecule has 1 rings (SSSR count). The van der Waals surface area contributed by atoms with E-state index in [2.05, 4.69) is 30.1 Å². The van der Waals surface area contributed by atoms with Crippen LogP contribution in [0.25, 0.3) is 0 Å². The van der Waals surface area contributed by atoms with Gasteiger partial charge in [0.15, 0.2) is 0 Å². The Bertz CT molecular complexity index is 222. The monoisotopic (exact) mass is 223 g/mol. The van der Waals surface area contributed by atoms with Gasteiger partial charge in [0.1, 0.15) is 0 Å². The second-order valence-electron chi connectivity index (χ2n) is 4.84. The summed E-state index contributed by atoms with van der Waals surface area (Å²) in [5, 5.41) is 12.1.